The first-order valence-corrected chi connectivity index (χ1v) is 8.22. The van der Waals surface area contributed by atoms with Gasteiger partial charge < -0.3 is 10.6 Å². The lowest BCUT2D eigenvalue weighted by atomic mass is 10.1. The van der Waals surface area contributed by atoms with Crippen LogP contribution in [-0.4, -0.2) is 35.6 Å². The average Bonchev–Trinajstić information content (AvgIpc) is 2.50. The van der Waals surface area contributed by atoms with Gasteiger partial charge in [0.2, 0.25) is 0 Å². The molecule has 1 aromatic rings. The second-order valence-corrected chi connectivity index (χ2v) is 7.01. The Balaban J connectivity index is 2.06. The molecule has 0 spiro atoms. The fraction of sp³-hybridized carbons (Fsp3) is 0.471. The third-order valence-electron chi connectivity index (χ3n) is 3.69. The lowest BCUT2D eigenvalue weighted by Crippen LogP contribution is -2.57. The summed E-state index contributed by atoms with van der Waals surface area (Å²) in [4.78, 5) is 22.7. The Bertz CT molecular complexity index is 685. The van der Waals surface area contributed by atoms with Crippen molar-refractivity contribution in [3.63, 3.8) is 0 Å². The molecule has 25 heavy (non-hydrogen) atoms. The highest BCUT2D eigenvalue weighted by Crippen LogP contribution is 2.27. The van der Waals surface area contributed by atoms with Crippen molar-refractivity contribution >= 4 is 17.8 Å². The number of urea groups is 1. The summed E-state index contributed by atoms with van der Waals surface area (Å²) in [6.45, 7) is 8.12. The van der Waals surface area contributed by atoms with Gasteiger partial charge in [0, 0.05) is 24.2 Å². The highest BCUT2D eigenvalue weighted by Gasteiger charge is 2.27. The highest BCUT2D eigenvalue weighted by atomic mass is 16.6. The van der Waals surface area contributed by atoms with Gasteiger partial charge in [-0.15, -0.1) is 0 Å². The molecule has 136 valence electrons. The smallest absolute Gasteiger partial charge is 0.315 e. The number of anilines is 1. The van der Waals surface area contributed by atoms with Crippen molar-refractivity contribution in [2.24, 2.45) is 0 Å². The number of benzene rings is 1. The zero-order valence-corrected chi connectivity index (χ0v) is 15.0. The van der Waals surface area contributed by atoms with E-state index in [0.29, 0.717) is 6.54 Å². The maximum Gasteiger partial charge on any atom is 0.315 e. The number of amides is 2. The minimum absolute atomic E-state index is 0.0468. The van der Waals surface area contributed by atoms with Crippen LogP contribution in [-0.2, 0) is 0 Å². The Labute approximate surface area is 147 Å². The van der Waals surface area contributed by atoms with Gasteiger partial charge in [0.05, 0.1) is 16.1 Å². The molecule has 1 aliphatic rings. The topological polar surface area (TPSA) is 99.5 Å². The van der Waals surface area contributed by atoms with E-state index in [9.17, 15) is 14.9 Å². The van der Waals surface area contributed by atoms with E-state index in [1.807, 2.05) is 52.0 Å². The lowest BCUT2D eigenvalue weighted by Gasteiger charge is -2.34. The van der Waals surface area contributed by atoms with Gasteiger partial charge >= 0.3 is 6.03 Å². The SMILES string of the molecule is CC(C)NC(=O)NC(C)(C)CNN1CC([N+](=O)[O-])=Cc2ccccc21. The molecule has 1 heterocycles. The molecule has 0 aromatic heterocycles. The van der Waals surface area contributed by atoms with Crippen molar-refractivity contribution < 1.29 is 9.72 Å². The molecule has 0 aliphatic carbocycles. The minimum atomic E-state index is -0.538. The van der Waals surface area contributed by atoms with E-state index >= 15 is 0 Å². The van der Waals surface area contributed by atoms with Gasteiger partial charge in [0.15, 0.2) is 0 Å². The van der Waals surface area contributed by atoms with Crippen molar-refractivity contribution in [3.05, 3.63) is 45.6 Å². The molecule has 0 fully saturated rings. The quantitative estimate of drug-likeness (QED) is 0.541. The minimum Gasteiger partial charge on any atom is -0.336 e. The molecule has 8 heteroatoms. The van der Waals surface area contributed by atoms with E-state index in [2.05, 4.69) is 16.1 Å². The first-order valence-electron chi connectivity index (χ1n) is 8.22. The molecule has 1 aliphatic heterocycles. The average molecular weight is 347 g/mol. The zero-order valence-electron chi connectivity index (χ0n) is 15.0. The van der Waals surface area contributed by atoms with Gasteiger partial charge in [-0.3, -0.25) is 15.1 Å². The number of hydrogen-bond acceptors (Lipinski definition) is 5. The van der Waals surface area contributed by atoms with Gasteiger partial charge in [-0.25, -0.2) is 10.2 Å². The van der Waals surface area contributed by atoms with Crippen LogP contribution in [0.1, 0.15) is 33.3 Å². The highest BCUT2D eigenvalue weighted by molar-refractivity contribution is 5.75. The normalized spacial score (nSPS) is 14.0. The predicted octanol–water partition coefficient (Wildman–Crippen LogP) is 2.12. The van der Waals surface area contributed by atoms with Crippen LogP contribution in [0, 0.1) is 10.1 Å². The molecular weight excluding hydrogens is 322 g/mol. The van der Waals surface area contributed by atoms with Crippen molar-refractivity contribution in [2.45, 2.75) is 39.3 Å². The fourth-order valence-corrected chi connectivity index (χ4v) is 2.52. The second kappa shape index (κ2) is 7.52. The Morgan fingerprint density at radius 1 is 1.36 bits per heavy atom. The van der Waals surface area contributed by atoms with Crippen molar-refractivity contribution in [1.82, 2.24) is 16.1 Å². The third-order valence-corrected chi connectivity index (χ3v) is 3.69. The van der Waals surface area contributed by atoms with Crippen molar-refractivity contribution in [3.8, 4) is 0 Å². The second-order valence-electron chi connectivity index (χ2n) is 7.01. The Morgan fingerprint density at radius 2 is 2.04 bits per heavy atom. The number of nitro groups is 1. The maximum atomic E-state index is 11.9. The number of hydrazine groups is 1. The van der Waals surface area contributed by atoms with Gasteiger partial charge in [0.1, 0.15) is 6.54 Å². The van der Waals surface area contributed by atoms with Gasteiger partial charge in [-0.2, -0.15) is 0 Å². The number of nitrogens with zero attached hydrogens (tertiary/aromatic N) is 2. The summed E-state index contributed by atoms with van der Waals surface area (Å²) in [7, 11) is 0. The predicted molar refractivity (Wildman–Crippen MR) is 97.6 cm³/mol. The van der Waals surface area contributed by atoms with E-state index in [0.717, 1.165) is 11.3 Å². The van der Waals surface area contributed by atoms with Crippen LogP contribution in [0.5, 0.6) is 0 Å². The summed E-state index contributed by atoms with van der Waals surface area (Å²) in [6.07, 6.45) is 1.59. The molecule has 2 amide bonds. The van der Waals surface area contributed by atoms with E-state index in [1.54, 1.807) is 11.1 Å². The summed E-state index contributed by atoms with van der Waals surface area (Å²) in [5, 5.41) is 18.6. The van der Waals surface area contributed by atoms with Gasteiger partial charge in [-0.05, 0) is 33.8 Å². The molecule has 0 atom stereocenters. The van der Waals surface area contributed by atoms with Crippen molar-refractivity contribution in [1.29, 1.82) is 0 Å². The number of rotatable bonds is 6. The van der Waals surface area contributed by atoms with Crippen LogP contribution in [0.2, 0.25) is 0 Å². The monoisotopic (exact) mass is 347 g/mol. The Kier molecular flexibility index (Phi) is 5.63. The molecule has 0 saturated heterocycles. The van der Waals surface area contributed by atoms with Crippen LogP contribution < -0.4 is 21.1 Å². The molecule has 0 bridgehead atoms. The maximum absolute atomic E-state index is 11.9. The summed E-state index contributed by atoms with van der Waals surface area (Å²) < 4.78 is 0. The van der Waals surface area contributed by atoms with Gasteiger partial charge in [0.25, 0.3) is 5.70 Å². The van der Waals surface area contributed by atoms with E-state index in [-0.39, 0.29) is 29.2 Å². The summed E-state index contributed by atoms with van der Waals surface area (Å²) in [5.41, 5.74) is 4.45. The molecule has 0 radical (unpaired) electrons. The fourth-order valence-electron chi connectivity index (χ4n) is 2.52. The zero-order chi connectivity index (χ0) is 18.6. The van der Waals surface area contributed by atoms with E-state index < -0.39 is 5.54 Å². The van der Waals surface area contributed by atoms with Gasteiger partial charge in [-0.1, -0.05) is 18.2 Å². The van der Waals surface area contributed by atoms with E-state index in [1.165, 1.54) is 0 Å². The number of fused-ring (bicyclic) bond motifs is 1. The molecule has 3 N–H and O–H groups in total. The number of nitrogens with one attached hydrogen (secondary N) is 3. The summed E-state index contributed by atoms with van der Waals surface area (Å²) in [6, 6.07) is 7.28. The van der Waals surface area contributed by atoms with Crippen LogP contribution in [0.3, 0.4) is 0 Å². The number of para-hydroxylation sites is 1. The molecular formula is C17H25N5O3. The largest absolute Gasteiger partial charge is 0.336 e. The number of hydrogen-bond donors (Lipinski definition) is 3. The van der Waals surface area contributed by atoms with Crippen LogP contribution in [0.4, 0.5) is 10.5 Å². The Hall–Kier alpha value is -2.61. The van der Waals surface area contributed by atoms with E-state index in [4.69, 9.17) is 0 Å². The molecule has 0 unspecified atom stereocenters. The van der Waals surface area contributed by atoms with Crippen LogP contribution in [0.25, 0.3) is 6.08 Å². The molecule has 1 aromatic carbocycles. The van der Waals surface area contributed by atoms with Crippen molar-refractivity contribution in [2.75, 3.05) is 18.1 Å². The summed E-state index contributed by atoms with van der Waals surface area (Å²) >= 11 is 0. The van der Waals surface area contributed by atoms with Crippen LogP contribution >= 0.6 is 0 Å². The lowest BCUT2D eigenvalue weighted by molar-refractivity contribution is -0.424. The number of carbonyl (C=O) groups excluding carboxylic acids is 1. The first-order chi connectivity index (χ1) is 11.7. The first kappa shape index (κ1) is 18.7. The summed E-state index contributed by atoms with van der Waals surface area (Å²) in [5.74, 6) is 0. The third kappa shape index (κ3) is 5.18. The molecule has 8 nitrogen and oxygen atoms in total. The molecule has 0 saturated carbocycles. The molecule has 2 rings (SSSR count). The van der Waals surface area contributed by atoms with Crippen LogP contribution in [0.15, 0.2) is 30.0 Å². The standard InChI is InChI=1S/C17H25N5O3/c1-12(2)19-16(23)20-17(3,4)11-18-21-10-14(22(24)25)9-13-7-5-6-8-15(13)21/h5-9,12,18H,10-11H2,1-4H3,(H2,19,20,23). The Morgan fingerprint density at radius 3 is 2.68 bits per heavy atom. The number of carbonyl (C=O) groups is 1.